The van der Waals surface area contributed by atoms with Crippen LogP contribution in [0.4, 0.5) is 0 Å². The molecular formula is C56H36N4. The molecule has 2 heterocycles. The van der Waals surface area contributed by atoms with Gasteiger partial charge in [-0.25, -0.2) is 15.0 Å². The zero-order valence-electron chi connectivity index (χ0n) is 32.6. The van der Waals surface area contributed by atoms with E-state index in [9.17, 15) is 0 Å². The zero-order chi connectivity index (χ0) is 39.8. The van der Waals surface area contributed by atoms with Crippen LogP contribution in [-0.2, 0) is 0 Å². The molecule has 0 unspecified atom stereocenters. The standard InChI is InChI=1S/C56H36N4/c1-3-11-41-31-44(26-24-37(41)9-1)40-22-20-39(21-23-40)43-13-5-16-48(33-43)54-58-55(60-56(59-54)50-27-25-38-10-2-4-12-42(38)34-50)49-17-6-14-47(35-49)52-19-7-15-46-32-45(28-29-53(46)52)51-18-8-30-57-36-51/h1-36H. The van der Waals surface area contributed by atoms with Crippen LogP contribution < -0.4 is 0 Å². The van der Waals surface area contributed by atoms with E-state index in [-0.39, 0.29) is 0 Å². The quantitative estimate of drug-likeness (QED) is 0.162. The van der Waals surface area contributed by atoms with Gasteiger partial charge in [-0.15, -0.1) is 0 Å². The first-order valence-electron chi connectivity index (χ1n) is 20.2. The number of hydrogen-bond acceptors (Lipinski definition) is 4. The van der Waals surface area contributed by atoms with Gasteiger partial charge in [-0.1, -0.05) is 170 Å². The van der Waals surface area contributed by atoms with E-state index >= 15 is 0 Å². The Kier molecular flexibility index (Phi) is 8.79. The summed E-state index contributed by atoms with van der Waals surface area (Å²) in [5, 5.41) is 7.14. The van der Waals surface area contributed by atoms with Crippen LogP contribution in [0.1, 0.15) is 0 Å². The summed E-state index contributed by atoms with van der Waals surface area (Å²) in [6.45, 7) is 0. The predicted octanol–water partition coefficient (Wildman–Crippen LogP) is 14.4. The van der Waals surface area contributed by atoms with Gasteiger partial charge in [-0.3, -0.25) is 4.98 Å². The molecule has 0 aliphatic rings. The average Bonchev–Trinajstić information content (AvgIpc) is 3.33. The van der Waals surface area contributed by atoms with Crippen LogP contribution in [0.3, 0.4) is 0 Å². The molecule has 0 spiro atoms. The van der Waals surface area contributed by atoms with Gasteiger partial charge in [0.2, 0.25) is 0 Å². The van der Waals surface area contributed by atoms with Crippen molar-refractivity contribution in [3.63, 3.8) is 0 Å². The van der Waals surface area contributed by atoms with E-state index in [2.05, 4.69) is 205 Å². The summed E-state index contributed by atoms with van der Waals surface area (Å²) in [7, 11) is 0. The highest BCUT2D eigenvalue weighted by Crippen LogP contribution is 2.35. The molecule has 0 aliphatic carbocycles. The second kappa shape index (κ2) is 15.0. The second-order valence-electron chi connectivity index (χ2n) is 15.2. The smallest absolute Gasteiger partial charge is 0.164 e. The van der Waals surface area contributed by atoms with Gasteiger partial charge >= 0.3 is 0 Å². The highest BCUT2D eigenvalue weighted by Gasteiger charge is 2.15. The van der Waals surface area contributed by atoms with E-state index in [1.807, 2.05) is 12.3 Å². The molecule has 0 amide bonds. The zero-order valence-corrected chi connectivity index (χ0v) is 32.6. The minimum Gasteiger partial charge on any atom is -0.264 e. The van der Waals surface area contributed by atoms with Crippen molar-refractivity contribution in [1.29, 1.82) is 0 Å². The first-order valence-corrected chi connectivity index (χ1v) is 20.2. The lowest BCUT2D eigenvalue weighted by atomic mass is 9.94. The number of aromatic nitrogens is 4. The molecular weight excluding hydrogens is 729 g/mol. The maximum absolute atomic E-state index is 5.19. The molecule has 0 bridgehead atoms. The van der Waals surface area contributed by atoms with Crippen molar-refractivity contribution in [3.8, 4) is 78.7 Å². The van der Waals surface area contributed by atoms with Crippen molar-refractivity contribution >= 4 is 32.3 Å². The molecule has 0 aliphatic heterocycles. The van der Waals surface area contributed by atoms with E-state index in [4.69, 9.17) is 15.0 Å². The highest BCUT2D eigenvalue weighted by molar-refractivity contribution is 5.99. The van der Waals surface area contributed by atoms with E-state index in [1.165, 1.54) is 38.1 Å². The summed E-state index contributed by atoms with van der Waals surface area (Å²) in [4.78, 5) is 19.8. The Bertz CT molecular complexity index is 3370. The molecule has 9 aromatic carbocycles. The van der Waals surface area contributed by atoms with Crippen molar-refractivity contribution in [1.82, 2.24) is 19.9 Å². The first-order chi connectivity index (χ1) is 29.7. The molecule has 280 valence electrons. The molecule has 60 heavy (non-hydrogen) atoms. The van der Waals surface area contributed by atoms with Crippen LogP contribution >= 0.6 is 0 Å². The van der Waals surface area contributed by atoms with Gasteiger partial charge in [0.25, 0.3) is 0 Å². The molecule has 11 rings (SSSR count). The van der Waals surface area contributed by atoms with Crippen LogP contribution in [0, 0.1) is 0 Å². The third-order valence-electron chi connectivity index (χ3n) is 11.4. The van der Waals surface area contributed by atoms with Crippen LogP contribution in [0.25, 0.3) is 111 Å². The fourth-order valence-corrected chi connectivity index (χ4v) is 8.23. The van der Waals surface area contributed by atoms with Crippen LogP contribution in [0.5, 0.6) is 0 Å². The van der Waals surface area contributed by atoms with Crippen LogP contribution in [0.15, 0.2) is 219 Å². The number of rotatable bonds is 7. The normalized spacial score (nSPS) is 11.3. The van der Waals surface area contributed by atoms with Crippen molar-refractivity contribution in [2.24, 2.45) is 0 Å². The summed E-state index contributed by atoms with van der Waals surface area (Å²) in [6, 6.07) is 72.9. The predicted molar refractivity (Wildman–Crippen MR) is 248 cm³/mol. The molecule has 2 aromatic heterocycles. The molecule has 0 N–H and O–H groups in total. The largest absolute Gasteiger partial charge is 0.264 e. The number of benzene rings is 9. The molecule has 0 saturated carbocycles. The summed E-state index contributed by atoms with van der Waals surface area (Å²) in [5.41, 5.74) is 11.9. The van der Waals surface area contributed by atoms with Gasteiger partial charge in [0.1, 0.15) is 0 Å². The lowest BCUT2D eigenvalue weighted by molar-refractivity contribution is 1.07. The fraction of sp³-hybridized carbons (Fsp3) is 0. The highest BCUT2D eigenvalue weighted by atomic mass is 15.0. The number of hydrogen-bond donors (Lipinski definition) is 0. The van der Waals surface area contributed by atoms with Gasteiger partial charge in [-0.2, -0.15) is 0 Å². The van der Waals surface area contributed by atoms with Crippen LogP contribution in [0.2, 0.25) is 0 Å². The Hall–Kier alpha value is -8.08. The minimum atomic E-state index is 0.620. The fourth-order valence-electron chi connectivity index (χ4n) is 8.23. The number of fused-ring (bicyclic) bond motifs is 3. The lowest BCUT2D eigenvalue weighted by Gasteiger charge is -2.12. The second-order valence-corrected chi connectivity index (χ2v) is 15.2. The third kappa shape index (κ3) is 6.76. The Morgan fingerprint density at radius 1 is 0.250 bits per heavy atom. The Morgan fingerprint density at radius 3 is 1.33 bits per heavy atom. The summed E-state index contributed by atoms with van der Waals surface area (Å²) >= 11 is 0. The SMILES string of the molecule is c1cncc(-c2ccc3c(-c4cccc(-c5nc(-c6cccc(-c7ccc(-c8ccc9ccccc9c8)cc7)c6)nc(-c6ccc7ccccc7c6)n5)c4)cccc3c2)c1. The molecule has 0 fully saturated rings. The number of pyridine rings is 1. The molecule has 0 atom stereocenters. The third-order valence-corrected chi connectivity index (χ3v) is 11.4. The number of nitrogens with zero attached hydrogens (tertiary/aromatic N) is 4. The van der Waals surface area contributed by atoms with Crippen molar-refractivity contribution in [2.45, 2.75) is 0 Å². The van der Waals surface area contributed by atoms with E-state index in [0.717, 1.165) is 55.5 Å². The van der Waals surface area contributed by atoms with Gasteiger partial charge in [0.15, 0.2) is 17.5 Å². The molecule has 0 radical (unpaired) electrons. The molecule has 4 nitrogen and oxygen atoms in total. The van der Waals surface area contributed by atoms with Crippen LogP contribution in [-0.4, -0.2) is 19.9 Å². The van der Waals surface area contributed by atoms with E-state index in [0.29, 0.717) is 17.5 Å². The van der Waals surface area contributed by atoms with Gasteiger partial charge in [-0.05, 0) is 108 Å². The summed E-state index contributed by atoms with van der Waals surface area (Å²) < 4.78 is 0. The van der Waals surface area contributed by atoms with Gasteiger partial charge in [0, 0.05) is 34.6 Å². The topological polar surface area (TPSA) is 51.6 Å². The Labute approximate surface area is 348 Å². The Balaban J connectivity index is 0.985. The van der Waals surface area contributed by atoms with Crippen molar-refractivity contribution in [3.05, 3.63) is 219 Å². The summed E-state index contributed by atoms with van der Waals surface area (Å²) in [5.74, 6) is 1.87. The minimum absolute atomic E-state index is 0.620. The monoisotopic (exact) mass is 764 g/mol. The summed E-state index contributed by atoms with van der Waals surface area (Å²) in [6.07, 6.45) is 3.71. The van der Waals surface area contributed by atoms with Crippen molar-refractivity contribution < 1.29 is 0 Å². The van der Waals surface area contributed by atoms with Gasteiger partial charge < -0.3 is 0 Å². The Morgan fingerprint density at radius 2 is 0.683 bits per heavy atom. The van der Waals surface area contributed by atoms with E-state index < -0.39 is 0 Å². The van der Waals surface area contributed by atoms with Gasteiger partial charge in [0.05, 0.1) is 0 Å². The van der Waals surface area contributed by atoms with E-state index in [1.54, 1.807) is 6.20 Å². The lowest BCUT2D eigenvalue weighted by Crippen LogP contribution is -2.00. The maximum atomic E-state index is 5.19. The average molecular weight is 765 g/mol. The maximum Gasteiger partial charge on any atom is 0.164 e. The molecule has 0 saturated heterocycles. The molecule has 4 heteroatoms. The first kappa shape index (κ1) is 35.1. The van der Waals surface area contributed by atoms with Crippen molar-refractivity contribution in [2.75, 3.05) is 0 Å². The molecule has 11 aromatic rings.